The Labute approximate surface area is 190 Å². The van der Waals surface area contributed by atoms with Gasteiger partial charge in [0.1, 0.15) is 11.5 Å². The molecule has 32 heavy (non-hydrogen) atoms. The predicted molar refractivity (Wildman–Crippen MR) is 127 cm³/mol. The first-order valence-corrected chi connectivity index (χ1v) is 11.4. The van der Waals surface area contributed by atoms with E-state index < -0.39 is 0 Å². The van der Waals surface area contributed by atoms with Gasteiger partial charge in [0.25, 0.3) is 0 Å². The van der Waals surface area contributed by atoms with Gasteiger partial charge in [-0.25, -0.2) is 0 Å². The Bertz CT molecular complexity index is 895. The zero-order chi connectivity index (χ0) is 22.2. The first-order chi connectivity index (χ1) is 15.8. The fourth-order valence-electron chi connectivity index (χ4n) is 4.31. The lowest BCUT2D eigenvalue weighted by atomic mass is 10.0. The molecule has 0 spiro atoms. The van der Waals surface area contributed by atoms with E-state index in [1.807, 2.05) is 19.2 Å². The second-order valence-corrected chi connectivity index (χ2v) is 8.11. The number of hydrogen-bond donors (Lipinski definition) is 2. The maximum absolute atomic E-state index is 5.60. The summed E-state index contributed by atoms with van der Waals surface area (Å²) in [4.78, 5) is 6.90. The summed E-state index contributed by atoms with van der Waals surface area (Å²) in [5, 5.41) is 6.99. The fourth-order valence-corrected chi connectivity index (χ4v) is 4.31. The van der Waals surface area contributed by atoms with Gasteiger partial charge in [0.15, 0.2) is 5.96 Å². The van der Waals surface area contributed by atoms with Gasteiger partial charge >= 0.3 is 0 Å². The minimum atomic E-state index is 0.236. The maximum atomic E-state index is 5.60. The van der Waals surface area contributed by atoms with E-state index in [1.165, 1.54) is 16.7 Å². The first-order valence-electron chi connectivity index (χ1n) is 11.4. The average molecular weight is 439 g/mol. The van der Waals surface area contributed by atoms with E-state index in [1.54, 1.807) is 7.11 Å². The van der Waals surface area contributed by atoms with Crippen LogP contribution in [0.4, 0.5) is 0 Å². The molecule has 2 aromatic carbocycles. The molecule has 0 aliphatic carbocycles. The Morgan fingerprint density at radius 3 is 2.66 bits per heavy atom. The number of methoxy groups -OCH3 is 1. The van der Waals surface area contributed by atoms with Crippen LogP contribution in [0.5, 0.6) is 11.5 Å². The zero-order valence-electron chi connectivity index (χ0n) is 19.1. The number of fused-ring (bicyclic) bond motifs is 1. The molecule has 0 aromatic heterocycles. The van der Waals surface area contributed by atoms with Crippen molar-refractivity contribution in [1.82, 2.24) is 15.5 Å². The van der Waals surface area contributed by atoms with Gasteiger partial charge in [-0.2, -0.15) is 0 Å². The summed E-state index contributed by atoms with van der Waals surface area (Å²) in [6.45, 7) is 5.77. The van der Waals surface area contributed by atoms with Crippen LogP contribution < -0.4 is 20.1 Å². The van der Waals surface area contributed by atoms with E-state index in [9.17, 15) is 0 Å². The summed E-state index contributed by atoms with van der Waals surface area (Å²) < 4.78 is 16.5. The number of guanidine groups is 1. The van der Waals surface area contributed by atoms with E-state index in [2.05, 4.69) is 50.9 Å². The fraction of sp³-hybridized carbons (Fsp3) is 0.480. The number of ether oxygens (including phenoxy) is 3. The Morgan fingerprint density at radius 1 is 1.09 bits per heavy atom. The van der Waals surface area contributed by atoms with Crippen molar-refractivity contribution in [3.05, 3.63) is 59.2 Å². The molecule has 2 N–H and O–H groups in total. The van der Waals surface area contributed by atoms with Gasteiger partial charge in [-0.3, -0.25) is 9.89 Å². The molecule has 2 aliphatic rings. The van der Waals surface area contributed by atoms with Crippen LogP contribution in [0.2, 0.25) is 0 Å². The molecule has 7 heteroatoms. The van der Waals surface area contributed by atoms with E-state index >= 15 is 0 Å². The molecule has 0 bridgehead atoms. The van der Waals surface area contributed by atoms with Gasteiger partial charge in [-0.1, -0.05) is 24.3 Å². The molecule has 1 fully saturated rings. The first kappa shape index (κ1) is 22.4. The number of hydrogen-bond acceptors (Lipinski definition) is 5. The molecule has 2 aliphatic heterocycles. The van der Waals surface area contributed by atoms with Gasteiger partial charge < -0.3 is 24.8 Å². The number of benzene rings is 2. The SMILES string of the molecule is CN=C(NCCc1ccc2c(c1)CCO2)NCC(c1ccc(OC)cc1)N1CCOCC1. The summed E-state index contributed by atoms with van der Waals surface area (Å²) in [6.07, 6.45) is 1.95. The molecule has 2 heterocycles. The number of morpholine rings is 1. The van der Waals surface area contributed by atoms with E-state index in [-0.39, 0.29) is 6.04 Å². The standard InChI is InChI=1S/C25H34N4O3/c1-26-25(27-11-9-19-3-8-24-21(17-19)10-14-32-24)28-18-23(29-12-15-31-16-13-29)20-4-6-22(30-2)7-5-20/h3-8,17,23H,9-16,18H2,1-2H3,(H2,26,27,28). The predicted octanol–water partition coefficient (Wildman–Crippen LogP) is 2.41. The monoisotopic (exact) mass is 438 g/mol. The van der Waals surface area contributed by atoms with E-state index in [0.717, 1.165) is 76.3 Å². The van der Waals surface area contributed by atoms with Crippen molar-refractivity contribution >= 4 is 5.96 Å². The highest BCUT2D eigenvalue weighted by Crippen LogP contribution is 2.26. The Kier molecular flexibility index (Phi) is 7.85. The second kappa shape index (κ2) is 11.2. The Balaban J connectivity index is 1.33. The van der Waals surface area contributed by atoms with Crippen LogP contribution in [-0.2, 0) is 17.6 Å². The summed E-state index contributed by atoms with van der Waals surface area (Å²) >= 11 is 0. The average Bonchev–Trinajstić information content (AvgIpc) is 3.32. The van der Waals surface area contributed by atoms with Crippen LogP contribution >= 0.6 is 0 Å². The molecule has 0 saturated carbocycles. The van der Waals surface area contributed by atoms with E-state index in [4.69, 9.17) is 14.2 Å². The lowest BCUT2D eigenvalue weighted by Gasteiger charge is -2.35. The number of nitrogens with one attached hydrogen (secondary N) is 2. The molecular weight excluding hydrogens is 404 g/mol. The van der Waals surface area contributed by atoms with Gasteiger partial charge in [0.2, 0.25) is 0 Å². The third-order valence-corrected chi connectivity index (χ3v) is 6.13. The molecule has 2 aromatic rings. The lowest BCUT2D eigenvalue weighted by molar-refractivity contribution is 0.0170. The number of aliphatic imine (C=N–C) groups is 1. The normalized spacial score (nSPS) is 17.4. The molecule has 172 valence electrons. The minimum absolute atomic E-state index is 0.236. The molecule has 7 nitrogen and oxygen atoms in total. The van der Waals surface area contributed by atoms with Crippen molar-refractivity contribution in [2.45, 2.75) is 18.9 Å². The Hall–Kier alpha value is -2.77. The third kappa shape index (κ3) is 5.72. The van der Waals surface area contributed by atoms with Crippen LogP contribution in [0.3, 0.4) is 0 Å². The molecule has 0 amide bonds. The van der Waals surface area contributed by atoms with E-state index in [0.29, 0.717) is 0 Å². The van der Waals surface area contributed by atoms with Crippen LogP contribution in [0.15, 0.2) is 47.5 Å². The van der Waals surface area contributed by atoms with Crippen molar-refractivity contribution < 1.29 is 14.2 Å². The highest BCUT2D eigenvalue weighted by Gasteiger charge is 2.23. The van der Waals surface area contributed by atoms with Crippen LogP contribution in [0, 0.1) is 0 Å². The van der Waals surface area contributed by atoms with Crippen molar-refractivity contribution in [2.75, 3.05) is 60.2 Å². The van der Waals surface area contributed by atoms with Gasteiger partial charge in [0, 0.05) is 39.6 Å². The molecular formula is C25H34N4O3. The quantitative estimate of drug-likeness (QED) is 0.487. The topological polar surface area (TPSA) is 67.4 Å². The van der Waals surface area contributed by atoms with Crippen molar-refractivity contribution in [2.24, 2.45) is 4.99 Å². The smallest absolute Gasteiger partial charge is 0.191 e. The summed E-state index contributed by atoms with van der Waals surface area (Å²) in [5.74, 6) is 2.73. The molecule has 1 atom stereocenters. The molecule has 1 saturated heterocycles. The highest BCUT2D eigenvalue weighted by molar-refractivity contribution is 5.79. The van der Waals surface area contributed by atoms with Crippen molar-refractivity contribution in [3.8, 4) is 11.5 Å². The zero-order valence-corrected chi connectivity index (χ0v) is 19.1. The van der Waals surface area contributed by atoms with Gasteiger partial charge in [-0.05, 0) is 41.3 Å². The lowest BCUT2D eigenvalue weighted by Crippen LogP contribution is -2.46. The molecule has 0 radical (unpaired) electrons. The van der Waals surface area contributed by atoms with Crippen LogP contribution in [-0.4, -0.2) is 71.0 Å². The van der Waals surface area contributed by atoms with Crippen molar-refractivity contribution in [1.29, 1.82) is 0 Å². The van der Waals surface area contributed by atoms with Crippen LogP contribution in [0.25, 0.3) is 0 Å². The summed E-state index contributed by atoms with van der Waals surface area (Å²) in [7, 11) is 3.52. The van der Waals surface area contributed by atoms with Gasteiger partial charge in [-0.15, -0.1) is 0 Å². The third-order valence-electron chi connectivity index (χ3n) is 6.13. The summed E-state index contributed by atoms with van der Waals surface area (Å²) in [6, 6.07) is 15.1. The van der Waals surface area contributed by atoms with Crippen molar-refractivity contribution in [3.63, 3.8) is 0 Å². The van der Waals surface area contributed by atoms with Crippen LogP contribution in [0.1, 0.15) is 22.7 Å². The number of rotatable bonds is 8. The summed E-state index contributed by atoms with van der Waals surface area (Å²) in [5.41, 5.74) is 3.90. The molecule has 1 unspecified atom stereocenters. The Morgan fingerprint density at radius 2 is 1.91 bits per heavy atom. The van der Waals surface area contributed by atoms with Gasteiger partial charge in [0.05, 0.1) is 33.0 Å². The molecule has 4 rings (SSSR count). The maximum Gasteiger partial charge on any atom is 0.191 e. The highest BCUT2D eigenvalue weighted by atomic mass is 16.5. The second-order valence-electron chi connectivity index (χ2n) is 8.11. The largest absolute Gasteiger partial charge is 0.497 e. The minimum Gasteiger partial charge on any atom is -0.497 e. The number of nitrogens with zero attached hydrogens (tertiary/aromatic N) is 2.